The standard InChI is InChI=1S/C20H27N3O2S/c1-25-18-11-9-17(10-12-18)23-14-13-21-20(23)26-15-19(24)22-16-7-5-3-2-4-6-8-16/h9-14,16H,2-8,15H2,1H3,(H,22,24). The van der Waals surface area contributed by atoms with E-state index in [1.807, 2.05) is 35.0 Å². The Morgan fingerprint density at radius 1 is 1.19 bits per heavy atom. The van der Waals surface area contributed by atoms with Crippen molar-refractivity contribution in [2.75, 3.05) is 12.9 Å². The van der Waals surface area contributed by atoms with E-state index in [0.717, 1.165) is 29.4 Å². The number of hydrogen-bond acceptors (Lipinski definition) is 4. The summed E-state index contributed by atoms with van der Waals surface area (Å²) >= 11 is 1.47. The molecule has 0 saturated heterocycles. The zero-order valence-electron chi connectivity index (χ0n) is 15.3. The molecule has 1 aliphatic carbocycles. The summed E-state index contributed by atoms with van der Waals surface area (Å²) in [5, 5.41) is 4.03. The lowest BCUT2D eigenvalue weighted by Gasteiger charge is -2.20. The number of hydrogen-bond donors (Lipinski definition) is 1. The Bertz CT molecular complexity index is 691. The molecule has 1 N–H and O–H groups in total. The number of nitrogens with one attached hydrogen (secondary N) is 1. The Kier molecular flexibility index (Phi) is 7.00. The molecule has 26 heavy (non-hydrogen) atoms. The van der Waals surface area contributed by atoms with Crippen LogP contribution in [0, 0.1) is 0 Å². The summed E-state index contributed by atoms with van der Waals surface area (Å²) in [5.41, 5.74) is 1.01. The topological polar surface area (TPSA) is 56.2 Å². The second-order valence-corrected chi connectivity index (χ2v) is 7.62. The number of carbonyl (C=O) groups excluding carboxylic acids is 1. The van der Waals surface area contributed by atoms with Crippen molar-refractivity contribution in [3.05, 3.63) is 36.7 Å². The lowest BCUT2D eigenvalue weighted by atomic mass is 9.97. The number of thioether (sulfide) groups is 1. The van der Waals surface area contributed by atoms with Crippen LogP contribution in [0.15, 0.2) is 41.8 Å². The van der Waals surface area contributed by atoms with Gasteiger partial charge < -0.3 is 10.1 Å². The fourth-order valence-corrected chi connectivity index (χ4v) is 4.12. The van der Waals surface area contributed by atoms with Crippen molar-refractivity contribution >= 4 is 17.7 Å². The molecule has 1 fully saturated rings. The SMILES string of the molecule is COc1ccc(-n2ccnc2SCC(=O)NC2CCCCCCC2)cc1. The summed E-state index contributed by atoms with van der Waals surface area (Å²) in [7, 11) is 1.65. The molecule has 6 heteroatoms. The largest absolute Gasteiger partial charge is 0.497 e. The monoisotopic (exact) mass is 373 g/mol. The highest BCUT2D eigenvalue weighted by atomic mass is 32.2. The smallest absolute Gasteiger partial charge is 0.230 e. The van der Waals surface area contributed by atoms with E-state index in [4.69, 9.17) is 4.74 Å². The van der Waals surface area contributed by atoms with E-state index in [0.29, 0.717) is 11.8 Å². The number of imidazole rings is 1. The average molecular weight is 374 g/mol. The summed E-state index contributed by atoms with van der Waals surface area (Å²) in [5.74, 6) is 1.32. The number of amides is 1. The minimum atomic E-state index is 0.102. The minimum Gasteiger partial charge on any atom is -0.497 e. The average Bonchev–Trinajstić information content (AvgIpc) is 3.11. The maximum atomic E-state index is 12.4. The maximum absolute atomic E-state index is 12.4. The summed E-state index contributed by atoms with van der Waals surface area (Å²) in [6.07, 6.45) is 12.3. The predicted molar refractivity (Wildman–Crippen MR) is 105 cm³/mol. The van der Waals surface area contributed by atoms with Crippen molar-refractivity contribution in [1.29, 1.82) is 0 Å². The summed E-state index contributed by atoms with van der Waals surface area (Å²) in [6, 6.07) is 8.15. The van der Waals surface area contributed by atoms with Crippen molar-refractivity contribution in [2.24, 2.45) is 0 Å². The van der Waals surface area contributed by atoms with Gasteiger partial charge in [-0.1, -0.05) is 43.9 Å². The van der Waals surface area contributed by atoms with Crippen molar-refractivity contribution in [1.82, 2.24) is 14.9 Å². The van der Waals surface area contributed by atoms with Gasteiger partial charge in [-0.25, -0.2) is 4.98 Å². The molecule has 1 aromatic heterocycles. The molecule has 3 rings (SSSR count). The third-order valence-corrected chi connectivity index (χ3v) is 5.73. The third kappa shape index (κ3) is 5.27. The molecule has 140 valence electrons. The number of carbonyl (C=O) groups is 1. The summed E-state index contributed by atoms with van der Waals surface area (Å²) < 4.78 is 7.19. The Balaban J connectivity index is 1.54. The Hall–Kier alpha value is -1.95. The van der Waals surface area contributed by atoms with Crippen molar-refractivity contribution < 1.29 is 9.53 Å². The van der Waals surface area contributed by atoms with Gasteiger partial charge >= 0.3 is 0 Å². The van der Waals surface area contributed by atoms with Crippen molar-refractivity contribution in [3.8, 4) is 11.4 Å². The fraction of sp³-hybridized carbons (Fsp3) is 0.500. The number of rotatable bonds is 6. The van der Waals surface area contributed by atoms with Crippen LogP contribution in [0.5, 0.6) is 5.75 Å². The van der Waals surface area contributed by atoms with Crippen LogP contribution >= 0.6 is 11.8 Å². The second kappa shape index (κ2) is 9.67. The van der Waals surface area contributed by atoms with Crippen LogP contribution in [0.2, 0.25) is 0 Å². The van der Waals surface area contributed by atoms with Gasteiger partial charge in [-0.3, -0.25) is 9.36 Å². The van der Waals surface area contributed by atoms with E-state index in [9.17, 15) is 4.79 Å². The van der Waals surface area contributed by atoms with Crippen LogP contribution in [0.3, 0.4) is 0 Å². The van der Waals surface area contributed by atoms with Crippen LogP contribution in [-0.4, -0.2) is 34.4 Å². The molecule has 1 heterocycles. The van der Waals surface area contributed by atoms with E-state index < -0.39 is 0 Å². The minimum absolute atomic E-state index is 0.102. The first-order valence-corrected chi connectivity index (χ1v) is 10.3. The molecule has 0 radical (unpaired) electrons. The molecule has 1 saturated carbocycles. The molecule has 2 aromatic rings. The van der Waals surface area contributed by atoms with Gasteiger partial charge in [0.25, 0.3) is 0 Å². The first kappa shape index (κ1) is 18.8. The molecule has 0 spiro atoms. The van der Waals surface area contributed by atoms with Gasteiger partial charge in [0.05, 0.1) is 12.9 Å². The molecular formula is C20H27N3O2S. The molecule has 0 unspecified atom stereocenters. The first-order chi connectivity index (χ1) is 12.8. The van der Waals surface area contributed by atoms with E-state index in [2.05, 4.69) is 10.3 Å². The Labute approximate surface area is 159 Å². The van der Waals surface area contributed by atoms with E-state index in [1.54, 1.807) is 13.3 Å². The van der Waals surface area contributed by atoms with Gasteiger partial charge in [-0.15, -0.1) is 0 Å². The van der Waals surface area contributed by atoms with Crippen LogP contribution in [0.25, 0.3) is 5.69 Å². The molecule has 0 atom stereocenters. The summed E-state index contributed by atoms with van der Waals surface area (Å²) in [6.45, 7) is 0. The predicted octanol–water partition coefficient (Wildman–Crippen LogP) is 4.20. The van der Waals surface area contributed by atoms with Gasteiger partial charge in [0.2, 0.25) is 5.91 Å². The molecule has 1 aliphatic rings. The first-order valence-electron chi connectivity index (χ1n) is 9.36. The highest BCUT2D eigenvalue weighted by Crippen LogP contribution is 2.22. The fourth-order valence-electron chi connectivity index (χ4n) is 3.34. The Morgan fingerprint density at radius 2 is 1.88 bits per heavy atom. The normalized spacial score (nSPS) is 15.9. The van der Waals surface area contributed by atoms with Crippen molar-refractivity contribution in [3.63, 3.8) is 0 Å². The summed E-state index contributed by atoms with van der Waals surface area (Å²) in [4.78, 5) is 16.7. The van der Waals surface area contributed by atoms with E-state index >= 15 is 0 Å². The van der Waals surface area contributed by atoms with Gasteiger partial charge in [0.1, 0.15) is 5.75 Å². The molecule has 1 amide bonds. The Morgan fingerprint density at radius 3 is 2.58 bits per heavy atom. The van der Waals surface area contributed by atoms with Gasteiger partial charge in [0, 0.05) is 24.1 Å². The molecule has 1 aromatic carbocycles. The second-order valence-electron chi connectivity index (χ2n) is 6.68. The number of benzene rings is 1. The number of methoxy groups -OCH3 is 1. The third-order valence-electron chi connectivity index (χ3n) is 4.76. The highest BCUT2D eigenvalue weighted by molar-refractivity contribution is 7.99. The van der Waals surface area contributed by atoms with Gasteiger partial charge in [-0.2, -0.15) is 0 Å². The molecule has 0 bridgehead atoms. The number of aromatic nitrogens is 2. The zero-order chi connectivity index (χ0) is 18.2. The number of nitrogens with zero attached hydrogens (tertiary/aromatic N) is 2. The van der Waals surface area contributed by atoms with Crippen LogP contribution < -0.4 is 10.1 Å². The van der Waals surface area contributed by atoms with Crippen LogP contribution in [-0.2, 0) is 4.79 Å². The van der Waals surface area contributed by atoms with Crippen LogP contribution in [0.4, 0.5) is 0 Å². The van der Waals surface area contributed by atoms with E-state index in [1.165, 1.54) is 43.9 Å². The highest BCUT2D eigenvalue weighted by Gasteiger charge is 2.15. The lowest BCUT2D eigenvalue weighted by molar-refractivity contribution is -0.119. The van der Waals surface area contributed by atoms with Gasteiger partial charge in [-0.05, 0) is 37.1 Å². The van der Waals surface area contributed by atoms with Crippen molar-refractivity contribution in [2.45, 2.75) is 56.1 Å². The van der Waals surface area contributed by atoms with Gasteiger partial charge in [0.15, 0.2) is 5.16 Å². The maximum Gasteiger partial charge on any atom is 0.230 e. The van der Waals surface area contributed by atoms with E-state index in [-0.39, 0.29) is 5.91 Å². The molecule has 0 aliphatic heterocycles. The molecular weight excluding hydrogens is 346 g/mol. The number of ether oxygens (including phenoxy) is 1. The van der Waals surface area contributed by atoms with Crippen LogP contribution in [0.1, 0.15) is 44.9 Å². The quantitative estimate of drug-likeness (QED) is 0.771. The molecule has 5 nitrogen and oxygen atoms in total. The zero-order valence-corrected chi connectivity index (χ0v) is 16.1. The lowest BCUT2D eigenvalue weighted by Crippen LogP contribution is -2.36.